The van der Waals surface area contributed by atoms with E-state index in [1.807, 2.05) is 0 Å². The predicted octanol–water partition coefficient (Wildman–Crippen LogP) is 3.65. The number of carbonyl (C=O) groups is 1. The summed E-state index contributed by atoms with van der Waals surface area (Å²) in [6, 6.07) is 16.5. The summed E-state index contributed by atoms with van der Waals surface area (Å²) in [6.45, 7) is 0.299. The van der Waals surface area contributed by atoms with Gasteiger partial charge in [-0.2, -0.15) is 0 Å². The van der Waals surface area contributed by atoms with Crippen LogP contribution in [0.5, 0.6) is 0 Å². The normalized spacial score (nSPS) is 10.9. The molecule has 0 aliphatic heterocycles. The van der Waals surface area contributed by atoms with Gasteiger partial charge in [-0.25, -0.2) is 13.8 Å². The van der Waals surface area contributed by atoms with E-state index < -0.39 is 11.5 Å². The second-order valence-electron chi connectivity index (χ2n) is 6.80. The fraction of sp³-hybridized carbons (Fsp3) is 0.0870. The molecule has 0 radical (unpaired) electrons. The van der Waals surface area contributed by atoms with E-state index in [0.717, 1.165) is 0 Å². The lowest BCUT2D eigenvalue weighted by molar-refractivity contribution is 0.0949. The molecule has 4 aromatic rings. The van der Waals surface area contributed by atoms with Gasteiger partial charge in [0.15, 0.2) is 0 Å². The third kappa shape index (κ3) is 4.10. The van der Waals surface area contributed by atoms with Crippen molar-refractivity contribution in [1.82, 2.24) is 14.9 Å². The Labute approximate surface area is 170 Å². The number of benzene rings is 2. The van der Waals surface area contributed by atoms with E-state index in [-0.39, 0.29) is 30.3 Å². The lowest BCUT2D eigenvalue weighted by Gasteiger charge is -2.12. The Bertz CT molecular complexity index is 1270. The Morgan fingerprint density at radius 2 is 1.57 bits per heavy atom. The Morgan fingerprint density at radius 3 is 2.23 bits per heavy atom. The van der Waals surface area contributed by atoms with Crippen LogP contribution in [0, 0.1) is 11.6 Å². The predicted molar refractivity (Wildman–Crippen MR) is 109 cm³/mol. The number of carbonyl (C=O) groups excluding carboxylic acids is 1. The van der Waals surface area contributed by atoms with Gasteiger partial charge in [-0.3, -0.25) is 14.2 Å². The molecule has 0 aliphatic rings. The Kier molecular flexibility index (Phi) is 5.34. The lowest BCUT2D eigenvalue weighted by Crippen LogP contribution is -2.33. The average molecular weight is 405 g/mol. The molecule has 30 heavy (non-hydrogen) atoms. The van der Waals surface area contributed by atoms with Crippen molar-refractivity contribution in [1.29, 1.82) is 0 Å². The maximum absolute atomic E-state index is 13.2. The molecule has 150 valence electrons. The van der Waals surface area contributed by atoms with Crippen molar-refractivity contribution in [3.8, 4) is 0 Å². The van der Waals surface area contributed by atoms with Gasteiger partial charge in [0.25, 0.3) is 11.5 Å². The fourth-order valence-corrected chi connectivity index (χ4v) is 3.17. The molecule has 7 heteroatoms. The zero-order valence-corrected chi connectivity index (χ0v) is 15.8. The van der Waals surface area contributed by atoms with Gasteiger partial charge in [-0.1, -0.05) is 24.3 Å². The molecule has 0 aliphatic carbocycles. The molecule has 0 saturated heterocycles. The molecule has 0 saturated carbocycles. The average Bonchev–Trinajstić information content (AvgIpc) is 2.76. The van der Waals surface area contributed by atoms with E-state index in [1.54, 1.807) is 42.6 Å². The summed E-state index contributed by atoms with van der Waals surface area (Å²) in [5.41, 5.74) is 1.32. The van der Waals surface area contributed by atoms with Crippen molar-refractivity contribution >= 4 is 16.9 Å². The molecule has 1 amide bonds. The fourth-order valence-electron chi connectivity index (χ4n) is 3.17. The number of rotatable bonds is 5. The van der Waals surface area contributed by atoms with Crippen LogP contribution < -0.4 is 10.9 Å². The molecular formula is C23H17F2N3O2. The maximum Gasteiger partial charge on any atom is 0.265 e. The number of nitrogens with zero attached hydrogens (tertiary/aromatic N) is 2. The first-order chi connectivity index (χ1) is 14.5. The molecule has 5 nitrogen and oxygen atoms in total. The van der Waals surface area contributed by atoms with Crippen LogP contribution in [-0.2, 0) is 13.1 Å². The molecular weight excluding hydrogens is 388 g/mol. The SMILES string of the molecule is O=C(NCc1ccc(F)cc1)c1cc2cccnc2n(Cc2ccc(F)cc2)c1=O. The monoisotopic (exact) mass is 405 g/mol. The number of fused-ring (bicyclic) bond motifs is 1. The number of hydrogen-bond donors (Lipinski definition) is 1. The first-order valence-corrected chi connectivity index (χ1v) is 9.27. The first kappa shape index (κ1) is 19.4. The van der Waals surface area contributed by atoms with E-state index in [9.17, 15) is 18.4 Å². The van der Waals surface area contributed by atoms with E-state index in [2.05, 4.69) is 10.3 Å². The highest BCUT2D eigenvalue weighted by atomic mass is 19.1. The van der Waals surface area contributed by atoms with Crippen LogP contribution in [0.3, 0.4) is 0 Å². The van der Waals surface area contributed by atoms with Crippen LogP contribution in [0.1, 0.15) is 21.5 Å². The standard InChI is InChI=1S/C23H17F2N3O2/c24-18-7-3-15(4-8-18)13-27-22(29)20-12-17-2-1-11-26-21(17)28(23(20)30)14-16-5-9-19(25)10-6-16/h1-12H,13-14H2,(H,27,29). The van der Waals surface area contributed by atoms with Crippen molar-refractivity contribution in [2.75, 3.05) is 0 Å². The molecule has 2 aromatic heterocycles. The minimum absolute atomic E-state index is 0.0280. The Hall–Kier alpha value is -3.87. The Morgan fingerprint density at radius 1 is 0.933 bits per heavy atom. The van der Waals surface area contributed by atoms with Crippen LogP contribution in [0.4, 0.5) is 8.78 Å². The van der Waals surface area contributed by atoms with Gasteiger partial charge < -0.3 is 5.32 Å². The van der Waals surface area contributed by atoms with E-state index in [0.29, 0.717) is 22.2 Å². The molecule has 4 rings (SSSR count). The summed E-state index contributed by atoms with van der Waals surface area (Å²) < 4.78 is 27.7. The molecule has 0 atom stereocenters. The zero-order chi connectivity index (χ0) is 21.1. The largest absolute Gasteiger partial charge is 0.348 e. The molecule has 0 unspecified atom stereocenters. The van der Waals surface area contributed by atoms with Crippen molar-refractivity contribution in [2.24, 2.45) is 0 Å². The first-order valence-electron chi connectivity index (χ1n) is 9.27. The summed E-state index contributed by atoms with van der Waals surface area (Å²) >= 11 is 0. The number of aromatic nitrogens is 2. The van der Waals surface area contributed by atoms with Crippen molar-refractivity contribution < 1.29 is 13.6 Å². The van der Waals surface area contributed by atoms with Gasteiger partial charge in [0.05, 0.1) is 6.54 Å². The van der Waals surface area contributed by atoms with Gasteiger partial charge in [0, 0.05) is 18.1 Å². The van der Waals surface area contributed by atoms with Crippen LogP contribution in [-0.4, -0.2) is 15.5 Å². The molecule has 2 aromatic carbocycles. The highest BCUT2D eigenvalue weighted by molar-refractivity contribution is 5.96. The molecule has 0 bridgehead atoms. The van der Waals surface area contributed by atoms with Crippen LogP contribution in [0.2, 0.25) is 0 Å². The van der Waals surface area contributed by atoms with Crippen LogP contribution >= 0.6 is 0 Å². The zero-order valence-electron chi connectivity index (χ0n) is 15.8. The Balaban J connectivity index is 1.68. The second kappa shape index (κ2) is 8.24. The van der Waals surface area contributed by atoms with E-state index in [4.69, 9.17) is 0 Å². The van der Waals surface area contributed by atoms with Gasteiger partial charge in [-0.05, 0) is 53.6 Å². The van der Waals surface area contributed by atoms with Gasteiger partial charge in [-0.15, -0.1) is 0 Å². The van der Waals surface area contributed by atoms with Gasteiger partial charge in [0.1, 0.15) is 22.8 Å². The number of halogens is 2. The summed E-state index contributed by atoms with van der Waals surface area (Å²) in [5.74, 6) is -1.28. The summed E-state index contributed by atoms with van der Waals surface area (Å²) in [5, 5.41) is 3.32. The van der Waals surface area contributed by atoms with Crippen molar-refractivity contribution in [3.63, 3.8) is 0 Å². The maximum atomic E-state index is 13.2. The molecule has 0 spiro atoms. The number of nitrogens with one attached hydrogen (secondary N) is 1. The molecule has 0 fully saturated rings. The van der Waals surface area contributed by atoms with Crippen LogP contribution in [0.15, 0.2) is 77.7 Å². The third-order valence-electron chi connectivity index (χ3n) is 4.71. The lowest BCUT2D eigenvalue weighted by atomic mass is 10.1. The second-order valence-corrected chi connectivity index (χ2v) is 6.80. The summed E-state index contributed by atoms with van der Waals surface area (Å²) in [7, 11) is 0. The van der Waals surface area contributed by atoms with Crippen molar-refractivity contribution in [2.45, 2.75) is 13.1 Å². The van der Waals surface area contributed by atoms with Crippen LogP contribution in [0.25, 0.3) is 11.0 Å². The third-order valence-corrected chi connectivity index (χ3v) is 4.71. The number of pyridine rings is 2. The number of hydrogen-bond acceptors (Lipinski definition) is 3. The highest BCUT2D eigenvalue weighted by Gasteiger charge is 2.16. The van der Waals surface area contributed by atoms with E-state index in [1.165, 1.54) is 34.9 Å². The number of amides is 1. The van der Waals surface area contributed by atoms with E-state index >= 15 is 0 Å². The quantitative estimate of drug-likeness (QED) is 0.551. The minimum atomic E-state index is -0.539. The van der Waals surface area contributed by atoms with Gasteiger partial charge in [0.2, 0.25) is 0 Å². The van der Waals surface area contributed by atoms with Gasteiger partial charge >= 0.3 is 0 Å². The molecule has 1 N–H and O–H groups in total. The highest BCUT2D eigenvalue weighted by Crippen LogP contribution is 2.14. The minimum Gasteiger partial charge on any atom is -0.348 e. The smallest absolute Gasteiger partial charge is 0.265 e. The molecule has 2 heterocycles. The summed E-state index contributed by atoms with van der Waals surface area (Å²) in [4.78, 5) is 30.1. The topological polar surface area (TPSA) is 64.0 Å². The summed E-state index contributed by atoms with van der Waals surface area (Å²) in [6.07, 6.45) is 1.57. The van der Waals surface area contributed by atoms with Crippen molar-refractivity contribution in [3.05, 3.63) is 112 Å².